The summed E-state index contributed by atoms with van der Waals surface area (Å²) in [5, 5.41) is 2.84. The highest BCUT2D eigenvalue weighted by Gasteiger charge is 2.29. The van der Waals surface area contributed by atoms with Crippen LogP contribution in [0.4, 0.5) is 16.0 Å². The molecular weight excluding hydrogens is 367 g/mol. The van der Waals surface area contributed by atoms with Crippen LogP contribution in [0.15, 0.2) is 54.6 Å². The van der Waals surface area contributed by atoms with E-state index in [1.807, 2.05) is 19.1 Å². The number of nitrogens with one attached hydrogen (secondary N) is 1. The minimum Gasteiger partial charge on any atom is -0.350 e. The topological polar surface area (TPSA) is 58.1 Å². The smallest absolute Gasteiger partial charge is 0.270 e. The molecule has 0 spiro atoms. The van der Waals surface area contributed by atoms with Crippen molar-refractivity contribution in [3.8, 4) is 0 Å². The van der Waals surface area contributed by atoms with Crippen LogP contribution in [0.25, 0.3) is 0 Å². The Kier molecular flexibility index (Phi) is 5.25. The molecule has 5 nitrogen and oxygen atoms in total. The number of rotatable bonds is 5. The van der Waals surface area contributed by atoms with Crippen LogP contribution in [0, 0.1) is 12.7 Å². The molecule has 2 aromatic carbocycles. The molecule has 1 amide bonds. The maximum absolute atomic E-state index is 13.7. The molecule has 1 aromatic heterocycles. The molecule has 6 heteroatoms. The maximum Gasteiger partial charge on any atom is 0.270 e. The molecule has 148 valence electrons. The number of hydrogen-bond donors (Lipinski definition) is 1. The summed E-state index contributed by atoms with van der Waals surface area (Å²) in [5.74, 6) is -0.0152. The number of hydrogen-bond acceptors (Lipinski definition) is 4. The summed E-state index contributed by atoms with van der Waals surface area (Å²) in [7, 11) is 0. The van der Waals surface area contributed by atoms with Gasteiger partial charge >= 0.3 is 0 Å². The van der Waals surface area contributed by atoms with E-state index in [0.717, 1.165) is 17.8 Å². The minimum absolute atomic E-state index is 0.214. The second kappa shape index (κ2) is 7.99. The number of carbonyl (C=O) groups is 1. The van der Waals surface area contributed by atoms with Crippen LogP contribution in [0.2, 0.25) is 0 Å². The first-order valence-electron chi connectivity index (χ1n) is 9.77. The summed E-state index contributed by atoms with van der Waals surface area (Å²) in [5.41, 5.74) is 3.95. The lowest BCUT2D eigenvalue weighted by atomic mass is 10.1. The predicted octanol–water partition coefficient (Wildman–Crippen LogP) is 3.98. The van der Waals surface area contributed by atoms with Gasteiger partial charge in [0.2, 0.25) is 5.95 Å². The SMILES string of the molecule is Cc1cc(C(=O)NCCc2ccccc2F)nc(N2c3ccccc3CC2C)n1. The fourth-order valence-electron chi connectivity index (χ4n) is 3.75. The Morgan fingerprint density at radius 2 is 1.93 bits per heavy atom. The number of anilines is 2. The number of halogens is 1. The second-order valence-corrected chi connectivity index (χ2v) is 7.34. The van der Waals surface area contributed by atoms with E-state index in [9.17, 15) is 9.18 Å². The van der Waals surface area contributed by atoms with Gasteiger partial charge in [0.15, 0.2) is 0 Å². The zero-order chi connectivity index (χ0) is 20.4. The van der Waals surface area contributed by atoms with Crippen LogP contribution in [-0.4, -0.2) is 28.5 Å². The van der Waals surface area contributed by atoms with Gasteiger partial charge in [-0.3, -0.25) is 4.79 Å². The lowest BCUT2D eigenvalue weighted by Gasteiger charge is -2.23. The van der Waals surface area contributed by atoms with Crippen LogP contribution in [-0.2, 0) is 12.8 Å². The van der Waals surface area contributed by atoms with Crippen molar-refractivity contribution in [2.45, 2.75) is 32.7 Å². The minimum atomic E-state index is -0.284. The molecule has 0 aliphatic carbocycles. The molecule has 1 N–H and O–H groups in total. The Labute approximate surface area is 169 Å². The van der Waals surface area contributed by atoms with Crippen LogP contribution < -0.4 is 10.2 Å². The zero-order valence-electron chi connectivity index (χ0n) is 16.5. The molecule has 2 heterocycles. The molecule has 0 fully saturated rings. The van der Waals surface area contributed by atoms with Crippen molar-refractivity contribution in [3.63, 3.8) is 0 Å². The zero-order valence-corrected chi connectivity index (χ0v) is 16.5. The van der Waals surface area contributed by atoms with Gasteiger partial charge in [-0.15, -0.1) is 0 Å². The Morgan fingerprint density at radius 3 is 2.76 bits per heavy atom. The third-order valence-corrected chi connectivity index (χ3v) is 5.14. The highest BCUT2D eigenvalue weighted by molar-refractivity contribution is 5.92. The number of amides is 1. The first kappa shape index (κ1) is 19.1. The number of aryl methyl sites for hydroxylation is 1. The summed E-state index contributed by atoms with van der Waals surface area (Å²) >= 11 is 0. The van der Waals surface area contributed by atoms with Crippen LogP contribution in [0.3, 0.4) is 0 Å². The van der Waals surface area contributed by atoms with Gasteiger partial charge in [0, 0.05) is 24.0 Å². The average molecular weight is 390 g/mol. The van der Waals surface area contributed by atoms with E-state index in [1.165, 1.54) is 11.6 Å². The molecule has 1 atom stereocenters. The van der Waals surface area contributed by atoms with Gasteiger partial charge in [-0.05, 0) is 56.0 Å². The highest BCUT2D eigenvalue weighted by atomic mass is 19.1. The number of fused-ring (bicyclic) bond motifs is 1. The van der Waals surface area contributed by atoms with Crippen molar-refractivity contribution in [1.82, 2.24) is 15.3 Å². The average Bonchev–Trinajstić information content (AvgIpc) is 3.04. The van der Waals surface area contributed by atoms with Gasteiger partial charge in [0.1, 0.15) is 11.5 Å². The third-order valence-electron chi connectivity index (χ3n) is 5.14. The fraction of sp³-hybridized carbons (Fsp3) is 0.261. The van der Waals surface area contributed by atoms with Gasteiger partial charge in [0.25, 0.3) is 5.91 Å². The number of nitrogens with zero attached hydrogens (tertiary/aromatic N) is 3. The summed E-state index contributed by atoms with van der Waals surface area (Å²) in [6.07, 6.45) is 1.34. The first-order chi connectivity index (χ1) is 14.0. The van der Waals surface area contributed by atoms with Crippen LogP contribution >= 0.6 is 0 Å². The molecule has 29 heavy (non-hydrogen) atoms. The van der Waals surface area contributed by atoms with Gasteiger partial charge in [-0.1, -0.05) is 36.4 Å². The van der Waals surface area contributed by atoms with E-state index in [4.69, 9.17) is 0 Å². The van der Waals surface area contributed by atoms with Crippen molar-refractivity contribution < 1.29 is 9.18 Å². The van der Waals surface area contributed by atoms with Gasteiger partial charge in [-0.25, -0.2) is 14.4 Å². The lowest BCUT2D eigenvalue weighted by molar-refractivity contribution is 0.0949. The summed E-state index contributed by atoms with van der Waals surface area (Å²) in [6.45, 7) is 4.31. The highest BCUT2D eigenvalue weighted by Crippen LogP contribution is 2.36. The molecule has 1 aliphatic rings. The van der Waals surface area contributed by atoms with E-state index >= 15 is 0 Å². The summed E-state index contributed by atoms with van der Waals surface area (Å²) in [4.78, 5) is 23.8. The number of benzene rings is 2. The van der Waals surface area contributed by atoms with E-state index in [1.54, 1.807) is 24.3 Å². The Morgan fingerprint density at radius 1 is 1.17 bits per heavy atom. The van der Waals surface area contributed by atoms with Crippen molar-refractivity contribution >= 4 is 17.5 Å². The molecule has 1 aliphatic heterocycles. The standard InChI is InChI=1S/C23H23FN4O/c1-15-13-20(22(29)25-12-11-17-7-3-5-9-19(17)24)27-23(26-15)28-16(2)14-18-8-4-6-10-21(18)28/h3-10,13,16H,11-12,14H2,1-2H3,(H,25,29). The van der Waals surface area contributed by atoms with E-state index in [0.29, 0.717) is 30.2 Å². The number of carbonyl (C=O) groups excluding carboxylic acids is 1. The third kappa shape index (κ3) is 3.97. The van der Waals surface area contributed by atoms with E-state index in [2.05, 4.69) is 39.2 Å². The number of aromatic nitrogens is 2. The predicted molar refractivity (Wildman–Crippen MR) is 111 cm³/mol. The summed E-state index contributed by atoms with van der Waals surface area (Å²) < 4.78 is 13.7. The molecule has 1 unspecified atom stereocenters. The molecule has 3 aromatic rings. The van der Waals surface area contributed by atoms with Gasteiger partial charge < -0.3 is 10.2 Å². The van der Waals surface area contributed by atoms with E-state index < -0.39 is 0 Å². The van der Waals surface area contributed by atoms with Crippen LogP contribution in [0.1, 0.15) is 34.2 Å². The fourth-order valence-corrected chi connectivity index (χ4v) is 3.75. The lowest BCUT2D eigenvalue weighted by Crippen LogP contribution is -2.30. The number of para-hydroxylation sites is 1. The molecule has 0 saturated heterocycles. The second-order valence-electron chi connectivity index (χ2n) is 7.34. The summed E-state index contributed by atoms with van der Waals surface area (Å²) in [6, 6.07) is 16.7. The Bertz CT molecular complexity index is 1050. The molecular formula is C23H23FN4O. The Balaban J connectivity index is 1.51. The quantitative estimate of drug-likeness (QED) is 0.716. The molecule has 0 bridgehead atoms. The van der Waals surface area contributed by atoms with Crippen molar-refractivity contribution in [1.29, 1.82) is 0 Å². The van der Waals surface area contributed by atoms with Gasteiger partial charge in [0.05, 0.1) is 0 Å². The van der Waals surface area contributed by atoms with Crippen LogP contribution in [0.5, 0.6) is 0 Å². The van der Waals surface area contributed by atoms with Crippen molar-refractivity contribution in [2.24, 2.45) is 0 Å². The van der Waals surface area contributed by atoms with Crippen molar-refractivity contribution in [3.05, 3.63) is 82.9 Å². The molecule has 0 saturated carbocycles. The van der Waals surface area contributed by atoms with Crippen molar-refractivity contribution in [2.75, 3.05) is 11.4 Å². The largest absolute Gasteiger partial charge is 0.350 e. The normalized spacial score (nSPS) is 15.3. The maximum atomic E-state index is 13.7. The van der Waals surface area contributed by atoms with E-state index in [-0.39, 0.29) is 17.8 Å². The molecule has 0 radical (unpaired) electrons. The monoisotopic (exact) mass is 390 g/mol. The first-order valence-corrected chi connectivity index (χ1v) is 9.77. The Hall–Kier alpha value is -3.28. The molecule has 4 rings (SSSR count). The van der Waals surface area contributed by atoms with Gasteiger partial charge in [-0.2, -0.15) is 0 Å².